The van der Waals surface area contributed by atoms with Gasteiger partial charge in [0.25, 0.3) is 0 Å². The molecular weight excluding hydrogens is 212 g/mol. The van der Waals surface area contributed by atoms with Crippen molar-refractivity contribution in [3.05, 3.63) is 35.4 Å². The van der Waals surface area contributed by atoms with Crippen molar-refractivity contribution in [2.75, 3.05) is 13.1 Å². The Morgan fingerprint density at radius 3 is 2.82 bits per heavy atom. The molecule has 0 saturated heterocycles. The zero-order valence-corrected chi connectivity index (χ0v) is 9.93. The van der Waals surface area contributed by atoms with E-state index in [2.05, 4.69) is 11.0 Å². The minimum atomic E-state index is -0.210. The summed E-state index contributed by atoms with van der Waals surface area (Å²) < 4.78 is 0. The van der Waals surface area contributed by atoms with Gasteiger partial charge < -0.3 is 5.73 Å². The van der Waals surface area contributed by atoms with Crippen molar-refractivity contribution >= 4 is 5.91 Å². The average Bonchev–Trinajstić information content (AvgIpc) is 3.12. The van der Waals surface area contributed by atoms with Crippen molar-refractivity contribution in [1.82, 2.24) is 4.90 Å². The Bertz CT molecular complexity index is 440. The second kappa shape index (κ2) is 4.15. The quantitative estimate of drug-likeness (QED) is 0.855. The monoisotopic (exact) mass is 230 g/mol. The number of nitrogens with two attached hydrogens (primary N) is 1. The SMILES string of the molecule is NC(=O)C1c2ccccc2CCN1CC1CC1. The van der Waals surface area contributed by atoms with Gasteiger partial charge in [0, 0.05) is 13.1 Å². The summed E-state index contributed by atoms with van der Waals surface area (Å²) in [5, 5.41) is 0. The molecule has 2 aliphatic rings. The van der Waals surface area contributed by atoms with Gasteiger partial charge in [-0.3, -0.25) is 9.69 Å². The summed E-state index contributed by atoms with van der Waals surface area (Å²) in [6.07, 6.45) is 3.65. The smallest absolute Gasteiger partial charge is 0.239 e. The van der Waals surface area contributed by atoms with Gasteiger partial charge in [-0.25, -0.2) is 0 Å². The van der Waals surface area contributed by atoms with Crippen LogP contribution in [0.1, 0.15) is 30.0 Å². The van der Waals surface area contributed by atoms with Crippen molar-refractivity contribution in [2.24, 2.45) is 11.7 Å². The van der Waals surface area contributed by atoms with E-state index < -0.39 is 0 Å². The Morgan fingerprint density at radius 2 is 2.12 bits per heavy atom. The molecule has 1 heterocycles. The van der Waals surface area contributed by atoms with Crippen molar-refractivity contribution in [2.45, 2.75) is 25.3 Å². The van der Waals surface area contributed by atoms with Crippen LogP contribution in [0.15, 0.2) is 24.3 Å². The van der Waals surface area contributed by atoms with Gasteiger partial charge in [0.15, 0.2) is 0 Å². The van der Waals surface area contributed by atoms with Crippen LogP contribution in [-0.4, -0.2) is 23.9 Å². The summed E-state index contributed by atoms with van der Waals surface area (Å²) >= 11 is 0. The number of carbonyl (C=O) groups excluding carboxylic acids is 1. The van der Waals surface area contributed by atoms with Crippen molar-refractivity contribution in [3.8, 4) is 0 Å². The molecule has 1 atom stereocenters. The van der Waals surface area contributed by atoms with Gasteiger partial charge in [-0.05, 0) is 36.3 Å². The molecule has 1 saturated carbocycles. The van der Waals surface area contributed by atoms with Gasteiger partial charge in [-0.1, -0.05) is 24.3 Å². The highest BCUT2D eigenvalue weighted by Crippen LogP contribution is 2.35. The van der Waals surface area contributed by atoms with Crippen LogP contribution < -0.4 is 5.73 Å². The first kappa shape index (κ1) is 10.8. The molecule has 3 heteroatoms. The van der Waals surface area contributed by atoms with Crippen LogP contribution in [-0.2, 0) is 11.2 Å². The third-order valence-electron chi connectivity index (χ3n) is 3.84. The maximum absolute atomic E-state index is 11.7. The zero-order chi connectivity index (χ0) is 11.8. The van der Waals surface area contributed by atoms with E-state index in [-0.39, 0.29) is 11.9 Å². The predicted octanol–water partition coefficient (Wildman–Crippen LogP) is 1.48. The standard InChI is InChI=1S/C14H18N2O/c15-14(17)13-12-4-2-1-3-11(12)7-8-16(13)9-10-5-6-10/h1-4,10,13H,5-9H2,(H2,15,17). The molecule has 0 bridgehead atoms. The topological polar surface area (TPSA) is 46.3 Å². The molecular formula is C14H18N2O. The normalized spacial score (nSPS) is 24.4. The van der Waals surface area contributed by atoms with Gasteiger partial charge in [0.05, 0.1) is 0 Å². The first-order valence-electron chi connectivity index (χ1n) is 6.37. The molecule has 17 heavy (non-hydrogen) atoms. The lowest BCUT2D eigenvalue weighted by molar-refractivity contribution is -0.123. The van der Waals surface area contributed by atoms with E-state index in [9.17, 15) is 4.79 Å². The fourth-order valence-corrected chi connectivity index (χ4v) is 2.78. The lowest BCUT2D eigenvalue weighted by atomic mass is 9.92. The molecule has 1 aromatic carbocycles. The molecule has 1 aliphatic heterocycles. The van der Waals surface area contributed by atoms with Crippen LogP contribution in [0.5, 0.6) is 0 Å². The number of amides is 1. The average molecular weight is 230 g/mol. The summed E-state index contributed by atoms with van der Waals surface area (Å²) in [5.74, 6) is 0.583. The van der Waals surface area contributed by atoms with Gasteiger partial charge in [-0.2, -0.15) is 0 Å². The minimum Gasteiger partial charge on any atom is -0.368 e. The van der Waals surface area contributed by atoms with Crippen molar-refractivity contribution in [1.29, 1.82) is 0 Å². The molecule has 2 N–H and O–H groups in total. The summed E-state index contributed by atoms with van der Waals surface area (Å²) in [7, 11) is 0. The molecule has 1 aliphatic carbocycles. The van der Waals surface area contributed by atoms with E-state index in [1.807, 2.05) is 18.2 Å². The van der Waals surface area contributed by atoms with Gasteiger partial charge in [0.1, 0.15) is 6.04 Å². The van der Waals surface area contributed by atoms with Crippen LogP contribution in [0.3, 0.4) is 0 Å². The van der Waals surface area contributed by atoms with E-state index in [1.54, 1.807) is 0 Å². The highest BCUT2D eigenvalue weighted by atomic mass is 16.1. The first-order chi connectivity index (χ1) is 8.25. The molecule has 1 unspecified atom stereocenters. The van der Waals surface area contributed by atoms with E-state index in [4.69, 9.17) is 5.73 Å². The van der Waals surface area contributed by atoms with E-state index >= 15 is 0 Å². The number of hydrogen-bond acceptors (Lipinski definition) is 2. The second-order valence-corrected chi connectivity index (χ2v) is 5.19. The van der Waals surface area contributed by atoms with Crippen LogP contribution in [0.2, 0.25) is 0 Å². The Morgan fingerprint density at radius 1 is 1.35 bits per heavy atom. The van der Waals surface area contributed by atoms with Gasteiger partial charge >= 0.3 is 0 Å². The van der Waals surface area contributed by atoms with Gasteiger partial charge in [-0.15, -0.1) is 0 Å². The molecule has 3 nitrogen and oxygen atoms in total. The molecule has 0 spiro atoms. The number of rotatable bonds is 3. The maximum Gasteiger partial charge on any atom is 0.239 e. The first-order valence-corrected chi connectivity index (χ1v) is 6.37. The fraction of sp³-hybridized carbons (Fsp3) is 0.500. The molecule has 0 aromatic heterocycles. The van der Waals surface area contributed by atoms with Crippen molar-refractivity contribution in [3.63, 3.8) is 0 Å². The highest BCUT2D eigenvalue weighted by molar-refractivity contribution is 5.82. The molecule has 1 aromatic rings. The van der Waals surface area contributed by atoms with Crippen molar-refractivity contribution < 1.29 is 4.79 Å². The summed E-state index contributed by atoms with van der Waals surface area (Å²) in [6, 6.07) is 7.98. The maximum atomic E-state index is 11.7. The Hall–Kier alpha value is -1.35. The number of hydrogen-bond donors (Lipinski definition) is 1. The molecule has 90 valence electrons. The molecule has 0 radical (unpaired) electrons. The van der Waals surface area contributed by atoms with Crippen LogP contribution >= 0.6 is 0 Å². The number of carbonyl (C=O) groups is 1. The number of nitrogens with zero attached hydrogens (tertiary/aromatic N) is 1. The number of primary amides is 1. The second-order valence-electron chi connectivity index (χ2n) is 5.19. The zero-order valence-electron chi connectivity index (χ0n) is 9.93. The van der Waals surface area contributed by atoms with E-state index in [1.165, 1.54) is 18.4 Å². The number of fused-ring (bicyclic) bond motifs is 1. The molecule has 1 fully saturated rings. The Kier molecular flexibility index (Phi) is 2.63. The lowest BCUT2D eigenvalue weighted by Gasteiger charge is -2.35. The Labute approximate surface area is 102 Å². The fourth-order valence-electron chi connectivity index (χ4n) is 2.78. The summed E-state index contributed by atoms with van der Waals surface area (Å²) in [6.45, 7) is 1.99. The Balaban J connectivity index is 1.91. The third-order valence-corrected chi connectivity index (χ3v) is 3.84. The van der Waals surface area contributed by atoms with Crippen LogP contribution in [0.4, 0.5) is 0 Å². The van der Waals surface area contributed by atoms with E-state index in [0.29, 0.717) is 0 Å². The summed E-state index contributed by atoms with van der Waals surface area (Å²) in [4.78, 5) is 14.0. The highest BCUT2D eigenvalue weighted by Gasteiger charge is 2.34. The third kappa shape index (κ3) is 2.07. The lowest BCUT2D eigenvalue weighted by Crippen LogP contribution is -2.43. The van der Waals surface area contributed by atoms with Gasteiger partial charge in [0.2, 0.25) is 5.91 Å². The molecule has 1 amide bonds. The van der Waals surface area contributed by atoms with E-state index in [0.717, 1.165) is 31.0 Å². The number of benzene rings is 1. The minimum absolute atomic E-state index is 0.208. The molecule has 3 rings (SSSR count). The largest absolute Gasteiger partial charge is 0.368 e. The predicted molar refractivity (Wildman–Crippen MR) is 66.4 cm³/mol. The van der Waals surface area contributed by atoms with Crippen LogP contribution in [0.25, 0.3) is 0 Å². The van der Waals surface area contributed by atoms with Crippen LogP contribution in [0, 0.1) is 5.92 Å². The summed E-state index contributed by atoms with van der Waals surface area (Å²) in [5.41, 5.74) is 7.99.